The van der Waals surface area contributed by atoms with Crippen LogP contribution in [0.4, 0.5) is 27.6 Å². The predicted molar refractivity (Wildman–Crippen MR) is 108 cm³/mol. The Morgan fingerprint density at radius 1 is 1.06 bits per heavy atom. The third-order valence-electron chi connectivity index (χ3n) is 4.41. The fourth-order valence-corrected chi connectivity index (χ4v) is 3.03. The first-order valence-corrected chi connectivity index (χ1v) is 9.58. The van der Waals surface area contributed by atoms with Crippen molar-refractivity contribution in [2.24, 2.45) is 5.73 Å². The maximum absolute atomic E-state index is 13.7. The Morgan fingerprint density at radius 3 is 2.44 bits per heavy atom. The van der Waals surface area contributed by atoms with Gasteiger partial charge >= 0.3 is 12.7 Å². The Morgan fingerprint density at radius 2 is 1.78 bits per heavy atom. The van der Waals surface area contributed by atoms with E-state index in [4.69, 9.17) is 10.5 Å². The Hall–Kier alpha value is -4.82. The smallest absolute Gasteiger partial charge is 0.504 e. The van der Waals surface area contributed by atoms with Gasteiger partial charge in [0.1, 0.15) is 22.8 Å². The topological polar surface area (TPSA) is 142 Å². The van der Waals surface area contributed by atoms with Gasteiger partial charge in [-0.25, -0.2) is 0 Å². The summed E-state index contributed by atoms with van der Waals surface area (Å²) in [7, 11) is 0. The largest absolute Gasteiger partial charge is 0.586 e. The van der Waals surface area contributed by atoms with Gasteiger partial charge in [-0.3, -0.25) is 14.6 Å². The third-order valence-corrected chi connectivity index (χ3v) is 4.41. The van der Waals surface area contributed by atoms with E-state index in [2.05, 4.69) is 24.5 Å². The third kappa shape index (κ3) is 5.29. The zero-order valence-corrected chi connectivity index (χ0v) is 17.4. The van der Waals surface area contributed by atoms with Crippen LogP contribution in [0, 0.1) is 0 Å². The van der Waals surface area contributed by atoms with Crippen molar-refractivity contribution >= 4 is 17.5 Å². The molecule has 1 aromatic heterocycles. The highest BCUT2D eigenvalue weighted by Crippen LogP contribution is 2.48. The number of carbonyl (C=O) groups excluding carboxylic acids is 2. The van der Waals surface area contributed by atoms with Crippen molar-refractivity contribution in [3.63, 3.8) is 0 Å². The number of phenols is 1. The second-order valence-corrected chi connectivity index (χ2v) is 6.96. The van der Waals surface area contributed by atoms with E-state index in [0.717, 1.165) is 36.5 Å². The van der Waals surface area contributed by atoms with E-state index < -0.39 is 64.5 Å². The zero-order valence-electron chi connectivity index (χ0n) is 17.4. The number of carbonyl (C=O) groups is 2. The summed E-state index contributed by atoms with van der Waals surface area (Å²) in [6.45, 7) is 0. The Labute approximate surface area is 197 Å². The highest BCUT2D eigenvalue weighted by atomic mass is 19.4. The molecule has 0 aliphatic carbocycles. The molecule has 4 rings (SSSR count). The van der Waals surface area contributed by atoms with Crippen LogP contribution in [0.1, 0.15) is 20.8 Å². The van der Waals surface area contributed by atoms with Gasteiger partial charge in [0.15, 0.2) is 23.0 Å². The maximum atomic E-state index is 13.7. The van der Waals surface area contributed by atoms with Crippen LogP contribution in [0.15, 0.2) is 48.7 Å². The molecule has 2 aromatic carbocycles. The van der Waals surface area contributed by atoms with Gasteiger partial charge in [0, 0.05) is 18.0 Å². The number of amides is 2. The molecule has 0 saturated carbocycles. The average molecular weight is 513 g/mol. The lowest BCUT2D eigenvalue weighted by atomic mass is 10.1. The molecule has 10 nitrogen and oxygen atoms in total. The molecule has 0 saturated heterocycles. The second kappa shape index (κ2) is 8.75. The minimum absolute atomic E-state index is 0.00507. The first-order valence-electron chi connectivity index (χ1n) is 9.58. The number of pyridine rings is 1. The quantitative estimate of drug-likeness (QED) is 0.418. The number of ether oxygens (including phenoxy) is 4. The molecule has 1 aliphatic heterocycles. The number of phenolic OH excluding ortho intramolecular Hbond substituents is 1. The fraction of sp³-hybridized carbons (Fsp3) is 0.0952. The van der Waals surface area contributed by atoms with Crippen LogP contribution in [-0.4, -0.2) is 34.6 Å². The number of anilines is 1. The summed E-state index contributed by atoms with van der Waals surface area (Å²) in [6.07, 6.45) is -7.99. The molecular weight excluding hydrogens is 501 g/mol. The first kappa shape index (κ1) is 24.3. The van der Waals surface area contributed by atoms with Crippen molar-refractivity contribution in [3.05, 3.63) is 59.9 Å². The van der Waals surface area contributed by atoms with Crippen LogP contribution < -0.4 is 30.0 Å². The molecule has 0 bridgehead atoms. The van der Waals surface area contributed by atoms with Gasteiger partial charge in [0.25, 0.3) is 11.8 Å². The molecule has 0 radical (unpaired) electrons. The SMILES string of the molecule is NC(=O)c1cc(NC(=O)c2c(Oc3ccc(OC(F)(F)F)cc3O)ccc3c2OC(F)(F)O3)ccn1. The number of primary amides is 1. The minimum Gasteiger partial charge on any atom is -0.504 e. The molecule has 0 spiro atoms. The summed E-state index contributed by atoms with van der Waals surface area (Å²) in [4.78, 5) is 28.1. The highest BCUT2D eigenvalue weighted by Gasteiger charge is 2.46. The van der Waals surface area contributed by atoms with Crippen molar-refractivity contribution in [1.29, 1.82) is 0 Å². The molecule has 188 valence electrons. The Balaban J connectivity index is 1.70. The maximum Gasteiger partial charge on any atom is 0.586 e. The number of aromatic nitrogens is 1. The number of benzene rings is 2. The fourth-order valence-electron chi connectivity index (χ4n) is 3.03. The van der Waals surface area contributed by atoms with Crippen molar-refractivity contribution < 1.29 is 55.6 Å². The number of halogens is 5. The molecule has 2 heterocycles. The van der Waals surface area contributed by atoms with Crippen LogP contribution in [0.3, 0.4) is 0 Å². The number of nitrogens with zero attached hydrogens (tertiary/aromatic N) is 1. The Bertz CT molecular complexity index is 1360. The van der Waals surface area contributed by atoms with E-state index in [1.807, 2.05) is 0 Å². The molecule has 2 amide bonds. The summed E-state index contributed by atoms with van der Waals surface area (Å²) in [5.74, 6) is -5.73. The predicted octanol–water partition coefficient (Wildman–Crippen LogP) is 4.15. The average Bonchev–Trinajstić information content (AvgIpc) is 3.08. The molecule has 15 heteroatoms. The summed E-state index contributed by atoms with van der Waals surface area (Å²) < 4.78 is 82.6. The summed E-state index contributed by atoms with van der Waals surface area (Å²) >= 11 is 0. The zero-order chi connectivity index (χ0) is 26.3. The van der Waals surface area contributed by atoms with E-state index in [1.54, 1.807) is 0 Å². The minimum atomic E-state index is -5.02. The van der Waals surface area contributed by atoms with Crippen LogP contribution in [0.2, 0.25) is 0 Å². The number of nitrogens with one attached hydrogen (secondary N) is 1. The van der Waals surface area contributed by atoms with Gasteiger partial charge in [0.05, 0.1) is 0 Å². The van der Waals surface area contributed by atoms with Crippen LogP contribution in [0.25, 0.3) is 0 Å². The van der Waals surface area contributed by atoms with Gasteiger partial charge in [0.2, 0.25) is 0 Å². The lowest BCUT2D eigenvalue weighted by molar-refractivity contribution is -0.286. The molecule has 36 heavy (non-hydrogen) atoms. The second-order valence-electron chi connectivity index (χ2n) is 6.96. The monoisotopic (exact) mass is 513 g/mol. The van der Waals surface area contributed by atoms with Gasteiger partial charge in [-0.05, 0) is 36.4 Å². The van der Waals surface area contributed by atoms with Gasteiger partial charge in [-0.15, -0.1) is 22.0 Å². The number of aromatic hydroxyl groups is 1. The van der Waals surface area contributed by atoms with Crippen molar-refractivity contribution in [2.75, 3.05) is 5.32 Å². The van der Waals surface area contributed by atoms with Crippen LogP contribution >= 0.6 is 0 Å². The number of nitrogens with two attached hydrogens (primary N) is 1. The molecule has 3 aromatic rings. The molecule has 1 aliphatic rings. The highest BCUT2D eigenvalue weighted by molar-refractivity contribution is 6.09. The van der Waals surface area contributed by atoms with Gasteiger partial charge < -0.3 is 35.1 Å². The van der Waals surface area contributed by atoms with E-state index in [9.17, 15) is 36.6 Å². The number of fused-ring (bicyclic) bond motifs is 1. The number of hydrogen-bond donors (Lipinski definition) is 3. The molecule has 0 unspecified atom stereocenters. The molecular formula is C21H12F5N3O7. The standard InChI is InChI=1S/C21H12F5N3O7/c22-20(23,24)34-10-1-2-13(12(30)8-10)33-14-3-4-15-17(36-21(25,26)35-15)16(14)19(32)29-9-5-6-28-11(7-9)18(27)31/h1-8,30H,(H2,27,31)(H,28,29,32). The summed E-state index contributed by atoms with van der Waals surface area (Å²) in [5.41, 5.74) is 4.31. The van der Waals surface area contributed by atoms with Crippen molar-refractivity contribution in [1.82, 2.24) is 4.98 Å². The number of rotatable bonds is 6. The van der Waals surface area contributed by atoms with E-state index in [1.165, 1.54) is 6.07 Å². The van der Waals surface area contributed by atoms with Crippen LogP contribution in [0.5, 0.6) is 34.5 Å². The van der Waals surface area contributed by atoms with Crippen molar-refractivity contribution in [3.8, 4) is 34.5 Å². The van der Waals surface area contributed by atoms with E-state index in [0.29, 0.717) is 6.07 Å². The molecule has 0 atom stereocenters. The number of alkyl halides is 5. The van der Waals surface area contributed by atoms with E-state index >= 15 is 0 Å². The lowest BCUT2D eigenvalue weighted by Crippen LogP contribution is -2.26. The normalized spacial score (nSPS) is 13.7. The lowest BCUT2D eigenvalue weighted by Gasteiger charge is -2.15. The van der Waals surface area contributed by atoms with Gasteiger partial charge in [-0.2, -0.15) is 0 Å². The summed E-state index contributed by atoms with van der Waals surface area (Å²) in [5, 5.41) is 12.4. The van der Waals surface area contributed by atoms with Gasteiger partial charge in [-0.1, -0.05) is 0 Å². The number of hydrogen-bond acceptors (Lipinski definition) is 8. The molecule has 0 fully saturated rings. The molecule has 4 N–H and O–H groups in total. The van der Waals surface area contributed by atoms with Crippen molar-refractivity contribution in [2.45, 2.75) is 12.7 Å². The van der Waals surface area contributed by atoms with Crippen LogP contribution in [-0.2, 0) is 0 Å². The van der Waals surface area contributed by atoms with E-state index in [-0.39, 0.29) is 11.4 Å². The first-order chi connectivity index (χ1) is 16.8. The Kier molecular flexibility index (Phi) is 5.91. The summed E-state index contributed by atoms with van der Waals surface area (Å²) in [6, 6.07) is 6.68.